The lowest BCUT2D eigenvalue weighted by atomic mass is 10.1. The highest BCUT2D eigenvalue weighted by Crippen LogP contribution is 2.30. The Labute approximate surface area is 164 Å². The molecule has 1 atom stereocenters. The van der Waals surface area contributed by atoms with E-state index in [0.29, 0.717) is 12.2 Å². The van der Waals surface area contributed by atoms with Crippen LogP contribution in [0.4, 0.5) is 5.82 Å². The lowest BCUT2D eigenvalue weighted by Gasteiger charge is -2.28. The van der Waals surface area contributed by atoms with Crippen molar-refractivity contribution in [3.63, 3.8) is 0 Å². The van der Waals surface area contributed by atoms with Crippen LogP contribution in [0, 0.1) is 0 Å². The van der Waals surface area contributed by atoms with Crippen LogP contribution in [0.25, 0.3) is 11.3 Å². The monoisotopic (exact) mass is 373 g/mol. The molecule has 3 heterocycles. The molecule has 1 aliphatic heterocycles. The van der Waals surface area contributed by atoms with Crippen molar-refractivity contribution in [3.05, 3.63) is 78.4 Å². The summed E-state index contributed by atoms with van der Waals surface area (Å²) in [6, 6.07) is 11.8. The number of hydrogen-bond donors (Lipinski definition) is 2. The van der Waals surface area contributed by atoms with Crippen molar-refractivity contribution >= 4 is 11.7 Å². The second-order valence-corrected chi connectivity index (χ2v) is 6.86. The van der Waals surface area contributed by atoms with Gasteiger partial charge >= 0.3 is 0 Å². The smallest absolute Gasteiger partial charge is 0.271 e. The highest BCUT2D eigenvalue weighted by Gasteiger charge is 2.24. The molecule has 0 aliphatic carbocycles. The molecule has 28 heavy (non-hydrogen) atoms. The lowest BCUT2D eigenvalue weighted by molar-refractivity contribution is 0.0709. The topological polar surface area (TPSA) is 73.9 Å². The molecule has 1 aliphatic rings. The van der Waals surface area contributed by atoms with Crippen LogP contribution >= 0.6 is 0 Å². The largest absolute Gasteiger partial charge is 0.369 e. The van der Waals surface area contributed by atoms with Gasteiger partial charge in [-0.3, -0.25) is 4.79 Å². The number of aromatic amines is 1. The van der Waals surface area contributed by atoms with Gasteiger partial charge in [-0.15, -0.1) is 6.58 Å². The third kappa shape index (κ3) is 3.29. The van der Waals surface area contributed by atoms with Crippen molar-refractivity contribution < 1.29 is 4.79 Å². The summed E-state index contributed by atoms with van der Waals surface area (Å²) in [7, 11) is 0. The van der Waals surface area contributed by atoms with E-state index in [1.54, 1.807) is 12.4 Å². The number of H-pyrrole nitrogens is 1. The fourth-order valence-electron chi connectivity index (χ4n) is 3.63. The van der Waals surface area contributed by atoms with Crippen LogP contribution in [-0.2, 0) is 6.42 Å². The minimum Gasteiger partial charge on any atom is -0.369 e. The van der Waals surface area contributed by atoms with E-state index in [1.165, 1.54) is 0 Å². The van der Waals surface area contributed by atoms with Gasteiger partial charge in [0.05, 0.1) is 11.7 Å². The molecule has 4 rings (SSSR count). The van der Waals surface area contributed by atoms with Gasteiger partial charge in [0.15, 0.2) is 0 Å². The van der Waals surface area contributed by atoms with E-state index in [9.17, 15) is 4.79 Å². The first kappa shape index (κ1) is 18.0. The molecule has 1 aromatic carbocycles. The fourth-order valence-corrected chi connectivity index (χ4v) is 3.63. The Balaban J connectivity index is 1.63. The first-order chi connectivity index (χ1) is 13.7. The Bertz CT molecular complexity index is 995. The highest BCUT2D eigenvalue weighted by atomic mass is 16.2. The molecule has 1 unspecified atom stereocenters. The molecule has 1 amide bonds. The first-order valence-corrected chi connectivity index (χ1v) is 9.42. The molecule has 2 aromatic heterocycles. The van der Waals surface area contributed by atoms with E-state index < -0.39 is 0 Å². The van der Waals surface area contributed by atoms with Crippen LogP contribution in [0.15, 0.2) is 61.6 Å². The van der Waals surface area contributed by atoms with E-state index in [-0.39, 0.29) is 11.9 Å². The number of hydrogen-bond acceptors (Lipinski definition) is 4. The van der Waals surface area contributed by atoms with Crippen molar-refractivity contribution in [3.8, 4) is 11.3 Å². The Morgan fingerprint density at radius 2 is 2.14 bits per heavy atom. The summed E-state index contributed by atoms with van der Waals surface area (Å²) in [5.41, 5.74) is 4.50. The number of rotatable bonds is 6. The minimum absolute atomic E-state index is 0.0636. The molecule has 6 heteroatoms. The molecule has 0 fully saturated rings. The summed E-state index contributed by atoms with van der Waals surface area (Å²) in [5, 5.41) is 3.26. The maximum atomic E-state index is 13.2. The van der Waals surface area contributed by atoms with Crippen LogP contribution in [-0.4, -0.2) is 38.8 Å². The maximum Gasteiger partial charge on any atom is 0.271 e. The zero-order valence-corrected chi connectivity index (χ0v) is 15.9. The number of nitrogens with one attached hydrogen (secondary N) is 2. The van der Waals surface area contributed by atoms with Gasteiger partial charge in [0, 0.05) is 30.4 Å². The highest BCUT2D eigenvalue weighted by molar-refractivity contribution is 5.94. The number of anilines is 1. The molecule has 0 radical (unpaired) electrons. The molecule has 0 saturated heterocycles. The second kappa shape index (κ2) is 7.68. The van der Waals surface area contributed by atoms with Crippen molar-refractivity contribution in [2.24, 2.45) is 0 Å². The zero-order valence-electron chi connectivity index (χ0n) is 15.9. The summed E-state index contributed by atoms with van der Waals surface area (Å²) < 4.78 is 0. The van der Waals surface area contributed by atoms with Gasteiger partial charge < -0.3 is 15.2 Å². The molecule has 0 saturated carbocycles. The predicted molar refractivity (Wildman–Crippen MR) is 110 cm³/mol. The quantitative estimate of drug-likeness (QED) is 0.644. The third-order valence-corrected chi connectivity index (χ3v) is 5.14. The molecule has 0 bridgehead atoms. The molecular weight excluding hydrogens is 350 g/mol. The molecule has 6 nitrogen and oxygen atoms in total. The number of benzene rings is 1. The standard InChI is InChI=1S/C22H23N5O/c1-3-11-27(15(2)16-7-5-4-6-8-16)22(28)19-12-17(13-24-19)20-18-9-10-23-21(18)26-14-25-20/h3-8,12-15,24H,1,9-11H2,2H3,(H,23,25,26). The van der Waals surface area contributed by atoms with Gasteiger partial charge in [0.1, 0.15) is 17.8 Å². The number of fused-ring (bicyclic) bond motifs is 1. The van der Waals surface area contributed by atoms with Crippen molar-refractivity contribution in [1.29, 1.82) is 0 Å². The number of carbonyl (C=O) groups excluding carboxylic acids is 1. The number of carbonyl (C=O) groups is 1. The SMILES string of the molecule is C=CCN(C(=O)c1cc(-c2ncnc3c2CCN3)c[nH]1)C(C)c1ccccc1. The van der Waals surface area contributed by atoms with E-state index in [1.807, 2.05) is 54.4 Å². The summed E-state index contributed by atoms with van der Waals surface area (Å²) in [4.78, 5) is 26.9. The average Bonchev–Trinajstić information content (AvgIpc) is 3.41. The number of amides is 1. The maximum absolute atomic E-state index is 13.2. The zero-order chi connectivity index (χ0) is 19.5. The molecule has 142 valence electrons. The fraction of sp³-hybridized carbons (Fsp3) is 0.227. The van der Waals surface area contributed by atoms with Gasteiger partial charge in [0.25, 0.3) is 5.91 Å². The van der Waals surface area contributed by atoms with Crippen LogP contribution in [0.2, 0.25) is 0 Å². The van der Waals surface area contributed by atoms with Gasteiger partial charge in [-0.1, -0.05) is 36.4 Å². The van der Waals surface area contributed by atoms with Gasteiger partial charge in [-0.2, -0.15) is 0 Å². The lowest BCUT2D eigenvalue weighted by Crippen LogP contribution is -2.34. The Morgan fingerprint density at radius 1 is 1.32 bits per heavy atom. The molecule has 0 spiro atoms. The Hall–Kier alpha value is -3.41. The summed E-state index contributed by atoms with van der Waals surface area (Å²) >= 11 is 0. The van der Waals surface area contributed by atoms with Crippen LogP contribution in [0.1, 0.15) is 34.6 Å². The van der Waals surface area contributed by atoms with E-state index >= 15 is 0 Å². The van der Waals surface area contributed by atoms with Crippen LogP contribution < -0.4 is 5.32 Å². The predicted octanol–water partition coefficient (Wildman–Crippen LogP) is 3.83. The first-order valence-electron chi connectivity index (χ1n) is 9.42. The number of nitrogens with zero attached hydrogens (tertiary/aromatic N) is 3. The summed E-state index contributed by atoms with van der Waals surface area (Å²) in [6.45, 7) is 7.18. The van der Waals surface area contributed by atoms with Crippen molar-refractivity contribution in [1.82, 2.24) is 19.9 Å². The van der Waals surface area contributed by atoms with Gasteiger partial charge in [-0.25, -0.2) is 9.97 Å². The Morgan fingerprint density at radius 3 is 2.93 bits per heavy atom. The van der Waals surface area contributed by atoms with Crippen molar-refractivity contribution in [2.45, 2.75) is 19.4 Å². The van der Waals surface area contributed by atoms with Crippen molar-refractivity contribution in [2.75, 3.05) is 18.4 Å². The van der Waals surface area contributed by atoms with Gasteiger partial charge in [0.2, 0.25) is 0 Å². The summed E-state index contributed by atoms with van der Waals surface area (Å²) in [5.74, 6) is 0.816. The normalized spacial score (nSPS) is 13.5. The minimum atomic E-state index is -0.0639. The molecule has 2 N–H and O–H groups in total. The van der Waals surface area contributed by atoms with Gasteiger partial charge in [-0.05, 0) is 25.0 Å². The Kier molecular flexibility index (Phi) is 4.93. The third-order valence-electron chi connectivity index (χ3n) is 5.14. The average molecular weight is 373 g/mol. The molecular formula is C22H23N5O. The van der Waals surface area contributed by atoms with Crippen LogP contribution in [0.5, 0.6) is 0 Å². The summed E-state index contributed by atoms with van der Waals surface area (Å²) in [6.07, 6.45) is 6.04. The van der Waals surface area contributed by atoms with E-state index in [2.05, 4.69) is 26.8 Å². The second-order valence-electron chi connectivity index (χ2n) is 6.86. The number of aromatic nitrogens is 3. The molecule has 3 aromatic rings. The van der Waals surface area contributed by atoms with Crippen LogP contribution in [0.3, 0.4) is 0 Å². The van der Waals surface area contributed by atoms with E-state index in [4.69, 9.17) is 0 Å². The van der Waals surface area contributed by atoms with E-state index in [0.717, 1.165) is 41.2 Å².